The van der Waals surface area contributed by atoms with Crippen molar-refractivity contribution in [3.63, 3.8) is 0 Å². The second kappa shape index (κ2) is 5.80. The topological polar surface area (TPSA) is 81.9 Å². The monoisotopic (exact) mass is 297 g/mol. The molecule has 0 spiro atoms. The number of ether oxygens (including phenoxy) is 1. The highest BCUT2D eigenvalue weighted by Gasteiger charge is 2.12. The number of amides is 1. The van der Waals surface area contributed by atoms with Gasteiger partial charge in [0.1, 0.15) is 11.3 Å². The minimum atomic E-state index is -0.271. The molecule has 22 heavy (non-hydrogen) atoms. The van der Waals surface area contributed by atoms with Gasteiger partial charge in [-0.15, -0.1) is 5.10 Å². The average Bonchev–Trinajstić information content (AvgIpc) is 2.90. The summed E-state index contributed by atoms with van der Waals surface area (Å²) in [4.78, 5) is 16.6. The van der Waals surface area contributed by atoms with Crippen LogP contribution in [-0.2, 0) is 7.05 Å². The molecule has 0 bridgehead atoms. The molecule has 3 rings (SSSR count). The van der Waals surface area contributed by atoms with Crippen LogP contribution in [0.1, 0.15) is 17.3 Å². The van der Waals surface area contributed by atoms with E-state index >= 15 is 0 Å². The second-order valence-corrected chi connectivity index (χ2v) is 4.66. The average molecular weight is 297 g/mol. The van der Waals surface area contributed by atoms with Gasteiger partial charge in [0, 0.05) is 13.2 Å². The van der Waals surface area contributed by atoms with E-state index in [0.29, 0.717) is 34.8 Å². The standard InChI is InChI=1S/C15H15N5O2/c1-3-22-13-7-5-4-6-11(13)17-15(21)10-8-12-14(16-9-10)20(2)19-18-12/h4-9H,3H2,1-2H3,(H,17,21). The van der Waals surface area contributed by atoms with Crippen molar-refractivity contribution < 1.29 is 9.53 Å². The van der Waals surface area contributed by atoms with E-state index in [2.05, 4.69) is 20.6 Å². The Morgan fingerprint density at radius 3 is 3.00 bits per heavy atom. The number of carbonyl (C=O) groups is 1. The fraction of sp³-hybridized carbons (Fsp3) is 0.200. The van der Waals surface area contributed by atoms with E-state index in [-0.39, 0.29) is 5.91 Å². The molecule has 7 nitrogen and oxygen atoms in total. The number of para-hydroxylation sites is 2. The Kier molecular flexibility index (Phi) is 3.69. The van der Waals surface area contributed by atoms with Gasteiger partial charge < -0.3 is 10.1 Å². The van der Waals surface area contributed by atoms with Crippen LogP contribution in [0, 0.1) is 0 Å². The highest BCUT2D eigenvalue weighted by molar-refractivity contribution is 6.06. The largest absolute Gasteiger partial charge is 0.492 e. The predicted octanol–water partition coefficient (Wildman–Crippen LogP) is 2.01. The summed E-state index contributed by atoms with van der Waals surface area (Å²) in [6.45, 7) is 2.42. The third kappa shape index (κ3) is 2.60. The number of fused-ring (bicyclic) bond motifs is 1. The number of anilines is 1. The minimum absolute atomic E-state index is 0.271. The van der Waals surface area contributed by atoms with Gasteiger partial charge in [-0.05, 0) is 25.1 Å². The van der Waals surface area contributed by atoms with E-state index < -0.39 is 0 Å². The zero-order valence-electron chi connectivity index (χ0n) is 12.3. The van der Waals surface area contributed by atoms with Crippen molar-refractivity contribution in [1.29, 1.82) is 0 Å². The van der Waals surface area contributed by atoms with Gasteiger partial charge in [-0.2, -0.15) is 0 Å². The number of rotatable bonds is 4. The van der Waals surface area contributed by atoms with Crippen molar-refractivity contribution in [1.82, 2.24) is 20.0 Å². The number of nitrogens with one attached hydrogen (secondary N) is 1. The first-order chi connectivity index (χ1) is 10.7. The molecule has 0 radical (unpaired) electrons. The highest BCUT2D eigenvalue weighted by Crippen LogP contribution is 2.24. The SMILES string of the molecule is CCOc1ccccc1NC(=O)c1cnc2c(c1)nnn2C. The van der Waals surface area contributed by atoms with E-state index in [1.165, 1.54) is 6.20 Å². The van der Waals surface area contributed by atoms with Crippen molar-refractivity contribution in [2.45, 2.75) is 6.92 Å². The highest BCUT2D eigenvalue weighted by atomic mass is 16.5. The Hall–Kier alpha value is -2.96. The molecule has 0 aliphatic carbocycles. The minimum Gasteiger partial charge on any atom is -0.492 e. The lowest BCUT2D eigenvalue weighted by atomic mass is 10.2. The summed E-state index contributed by atoms with van der Waals surface area (Å²) in [5.41, 5.74) is 2.24. The molecule has 0 aliphatic rings. The van der Waals surface area contributed by atoms with Crippen molar-refractivity contribution in [3.8, 4) is 5.75 Å². The summed E-state index contributed by atoms with van der Waals surface area (Å²) in [7, 11) is 1.75. The van der Waals surface area contributed by atoms with Gasteiger partial charge in [0.05, 0.1) is 17.9 Å². The van der Waals surface area contributed by atoms with Gasteiger partial charge in [-0.1, -0.05) is 17.3 Å². The number of carbonyl (C=O) groups excluding carboxylic acids is 1. The lowest BCUT2D eigenvalue weighted by Crippen LogP contribution is -2.13. The first-order valence-electron chi connectivity index (χ1n) is 6.87. The molecule has 2 heterocycles. The maximum Gasteiger partial charge on any atom is 0.257 e. The number of nitrogens with zero attached hydrogens (tertiary/aromatic N) is 4. The first-order valence-corrected chi connectivity index (χ1v) is 6.87. The maximum absolute atomic E-state index is 12.4. The van der Waals surface area contributed by atoms with E-state index in [4.69, 9.17) is 4.74 Å². The summed E-state index contributed by atoms with van der Waals surface area (Å²) in [6, 6.07) is 8.95. The number of hydrogen-bond acceptors (Lipinski definition) is 5. The molecule has 1 aromatic carbocycles. The summed E-state index contributed by atoms with van der Waals surface area (Å²) < 4.78 is 7.05. The fourth-order valence-corrected chi connectivity index (χ4v) is 2.10. The van der Waals surface area contributed by atoms with Gasteiger partial charge in [-0.3, -0.25) is 4.79 Å². The van der Waals surface area contributed by atoms with Crippen LogP contribution in [-0.4, -0.2) is 32.5 Å². The molecule has 0 saturated carbocycles. The first kappa shape index (κ1) is 14.0. The molecule has 7 heteroatoms. The van der Waals surface area contributed by atoms with E-state index in [0.717, 1.165) is 0 Å². The third-order valence-corrected chi connectivity index (χ3v) is 3.14. The van der Waals surface area contributed by atoms with Crippen LogP contribution in [0.3, 0.4) is 0 Å². The molecule has 1 amide bonds. The van der Waals surface area contributed by atoms with Crippen molar-refractivity contribution in [3.05, 3.63) is 42.1 Å². The number of benzene rings is 1. The Balaban J connectivity index is 1.87. The predicted molar refractivity (Wildman–Crippen MR) is 81.9 cm³/mol. The lowest BCUT2D eigenvalue weighted by molar-refractivity contribution is 0.102. The molecular weight excluding hydrogens is 282 g/mol. The van der Waals surface area contributed by atoms with Gasteiger partial charge in [0.2, 0.25) is 0 Å². The van der Waals surface area contributed by atoms with Crippen molar-refractivity contribution in [2.75, 3.05) is 11.9 Å². The number of hydrogen-bond donors (Lipinski definition) is 1. The van der Waals surface area contributed by atoms with Crippen LogP contribution < -0.4 is 10.1 Å². The molecule has 0 unspecified atom stereocenters. The Morgan fingerprint density at radius 2 is 2.18 bits per heavy atom. The molecule has 1 N–H and O–H groups in total. The van der Waals surface area contributed by atoms with Crippen molar-refractivity contribution >= 4 is 22.8 Å². The summed E-state index contributed by atoms with van der Waals surface area (Å²) in [6.07, 6.45) is 1.50. The zero-order valence-corrected chi connectivity index (χ0v) is 12.3. The molecular formula is C15H15N5O2. The van der Waals surface area contributed by atoms with E-state index in [1.54, 1.807) is 23.9 Å². The van der Waals surface area contributed by atoms with Gasteiger partial charge in [-0.25, -0.2) is 9.67 Å². The van der Waals surface area contributed by atoms with Crippen LogP contribution in [0.2, 0.25) is 0 Å². The quantitative estimate of drug-likeness (QED) is 0.796. The number of aromatic nitrogens is 4. The van der Waals surface area contributed by atoms with E-state index in [1.807, 2.05) is 25.1 Å². The molecule has 2 aromatic heterocycles. The summed E-state index contributed by atoms with van der Waals surface area (Å²) >= 11 is 0. The van der Waals surface area contributed by atoms with Crippen LogP contribution in [0.5, 0.6) is 5.75 Å². The van der Waals surface area contributed by atoms with Gasteiger partial charge in [0.15, 0.2) is 5.65 Å². The smallest absolute Gasteiger partial charge is 0.257 e. The summed E-state index contributed by atoms with van der Waals surface area (Å²) in [5, 5.41) is 10.7. The fourth-order valence-electron chi connectivity index (χ4n) is 2.10. The molecule has 0 aliphatic heterocycles. The zero-order chi connectivity index (χ0) is 15.5. The molecule has 3 aromatic rings. The second-order valence-electron chi connectivity index (χ2n) is 4.66. The van der Waals surface area contributed by atoms with Crippen LogP contribution in [0.4, 0.5) is 5.69 Å². The maximum atomic E-state index is 12.4. The Labute approximate surface area is 126 Å². The van der Waals surface area contributed by atoms with Crippen LogP contribution in [0.25, 0.3) is 11.2 Å². The molecule has 0 fully saturated rings. The number of aryl methyl sites for hydroxylation is 1. The van der Waals surface area contributed by atoms with Gasteiger partial charge >= 0.3 is 0 Å². The Bertz CT molecular complexity index is 828. The molecule has 0 saturated heterocycles. The third-order valence-electron chi connectivity index (χ3n) is 3.14. The van der Waals surface area contributed by atoms with Crippen LogP contribution in [0.15, 0.2) is 36.5 Å². The van der Waals surface area contributed by atoms with Crippen LogP contribution >= 0.6 is 0 Å². The normalized spacial score (nSPS) is 10.6. The number of pyridine rings is 1. The molecule has 112 valence electrons. The molecule has 0 atom stereocenters. The lowest BCUT2D eigenvalue weighted by Gasteiger charge is -2.11. The Morgan fingerprint density at radius 1 is 1.36 bits per heavy atom. The van der Waals surface area contributed by atoms with Crippen molar-refractivity contribution in [2.24, 2.45) is 7.05 Å². The van der Waals surface area contributed by atoms with E-state index in [9.17, 15) is 4.79 Å². The van der Waals surface area contributed by atoms with Gasteiger partial charge in [0.25, 0.3) is 5.91 Å². The summed E-state index contributed by atoms with van der Waals surface area (Å²) in [5.74, 6) is 0.360.